The Balaban J connectivity index is 0.000000210. The van der Waals surface area contributed by atoms with Crippen molar-refractivity contribution in [2.75, 3.05) is 13.2 Å². The summed E-state index contributed by atoms with van der Waals surface area (Å²) >= 11 is 0. The highest BCUT2D eigenvalue weighted by Gasteiger charge is 2.30. The van der Waals surface area contributed by atoms with Crippen molar-refractivity contribution in [3.05, 3.63) is 78.0 Å². The molecule has 1 saturated heterocycles. The van der Waals surface area contributed by atoms with Crippen LogP contribution >= 0.6 is 0 Å². The van der Waals surface area contributed by atoms with E-state index in [1.165, 1.54) is 31.0 Å². The summed E-state index contributed by atoms with van der Waals surface area (Å²) in [5.41, 5.74) is 5.86. The maximum absolute atomic E-state index is 13.2. The second kappa shape index (κ2) is 15.6. The number of ketones is 1. The van der Waals surface area contributed by atoms with Gasteiger partial charge in [0.05, 0.1) is 24.5 Å². The van der Waals surface area contributed by atoms with Crippen molar-refractivity contribution >= 4 is 22.9 Å². The summed E-state index contributed by atoms with van der Waals surface area (Å²) in [6.07, 6.45) is 7.43. The van der Waals surface area contributed by atoms with E-state index in [-0.39, 0.29) is 30.0 Å². The summed E-state index contributed by atoms with van der Waals surface area (Å²) in [6.45, 7) is 11.2. The number of hydrogen-bond acceptors (Lipinski definition) is 5. The number of aryl methyl sites for hydroxylation is 1. The Morgan fingerprint density at radius 1 is 1.07 bits per heavy atom. The second-order valence-electron chi connectivity index (χ2n) is 10.0. The third-order valence-corrected chi connectivity index (χ3v) is 6.58. The van der Waals surface area contributed by atoms with E-state index in [0.29, 0.717) is 18.5 Å². The van der Waals surface area contributed by atoms with Crippen LogP contribution in [-0.2, 0) is 16.0 Å². The number of nitrogens with one attached hydrogen (secondary N) is 1. The third kappa shape index (κ3) is 8.71. The van der Waals surface area contributed by atoms with E-state index in [2.05, 4.69) is 66.9 Å². The lowest BCUT2D eigenvalue weighted by atomic mass is 9.94. The molecule has 218 valence electrons. The molecule has 1 aliphatic rings. The van der Waals surface area contributed by atoms with Gasteiger partial charge in [0.1, 0.15) is 17.3 Å². The number of H-pyrrole nitrogens is 1. The standard InChI is InChI=1S/C17H19N3O.C13H14FNO2.C3H8/c1-3-7-21-16-6-5-13(8-12(16)4-2)14-9-15-17(18-10-14)20-11-19-15;1-9(16)15-6-5-12(17)8-13(15)10-3-2-4-11(14)7-10;1-3-2/h5-6,8-11H,3-4,7H2,1-2H3,(H,18,19,20);2-4,7,13H,5-6,8H2,1H3;3H2,1-2H3. The van der Waals surface area contributed by atoms with Gasteiger partial charge >= 0.3 is 0 Å². The molecule has 8 heteroatoms. The molecule has 5 rings (SSSR count). The lowest BCUT2D eigenvalue weighted by Crippen LogP contribution is -2.40. The van der Waals surface area contributed by atoms with Gasteiger partial charge in [-0.3, -0.25) is 9.59 Å². The number of fused-ring (bicyclic) bond motifs is 1. The molecule has 0 spiro atoms. The van der Waals surface area contributed by atoms with Gasteiger partial charge in [-0.1, -0.05) is 52.3 Å². The molecule has 1 N–H and O–H groups in total. The van der Waals surface area contributed by atoms with Gasteiger partial charge in [0.15, 0.2) is 5.65 Å². The summed E-state index contributed by atoms with van der Waals surface area (Å²) in [5.74, 6) is 0.686. The zero-order chi connectivity index (χ0) is 29.8. The summed E-state index contributed by atoms with van der Waals surface area (Å²) < 4.78 is 19.0. The number of carbonyl (C=O) groups is 2. The Labute approximate surface area is 242 Å². The van der Waals surface area contributed by atoms with E-state index in [4.69, 9.17) is 4.74 Å². The number of rotatable bonds is 6. The largest absolute Gasteiger partial charge is 0.493 e. The van der Waals surface area contributed by atoms with Gasteiger partial charge in [-0.2, -0.15) is 0 Å². The van der Waals surface area contributed by atoms with Gasteiger partial charge in [0, 0.05) is 38.1 Å². The predicted molar refractivity (Wildman–Crippen MR) is 161 cm³/mol. The summed E-state index contributed by atoms with van der Waals surface area (Å²) in [6, 6.07) is 14.2. The van der Waals surface area contributed by atoms with Crippen LogP contribution in [0.25, 0.3) is 22.3 Å². The lowest BCUT2D eigenvalue weighted by molar-refractivity contribution is -0.136. The number of Topliss-reactive ketones (excluding diaryl/α,β-unsaturated/α-hetero) is 1. The van der Waals surface area contributed by atoms with Crippen molar-refractivity contribution in [2.24, 2.45) is 0 Å². The number of imidazole rings is 1. The van der Waals surface area contributed by atoms with Crippen LogP contribution in [-0.4, -0.2) is 44.7 Å². The van der Waals surface area contributed by atoms with E-state index < -0.39 is 0 Å². The number of ether oxygens (including phenoxy) is 1. The Hall–Kier alpha value is -4.07. The number of benzene rings is 2. The fraction of sp³-hybridized carbons (Fsp3) is 0.394. The molecule has 1 aliphatic heterocycles. The quantitative estimate of drug-likeness (QED) is 0.264. The van der Waals surface area contributed by atoms with Gasteiger partial charge in [-0.05, 0) is 59.9 Å². The molecule has 2 aromatic carbocycles. The minimum Gasteiger partial charge on any atom is -0.493 e. The maximum Gasteiger partial charge on any atom is 0.219 e. The monoisotopic (exact) mass is 560 g/mol. The van der Waals surface area contributed by atoms with Crippen LogP contribution < -0.4 is 4.74 Å². The average molecular weight is 561 g/mol. The minimum absolute atomic E-state index is 0.0771. The van der Waals surface area contributed by atoms with Gasteiger partial charge in [0.2, 0.25) is 5.91 Å². The molecule has 0 radical (unpaired) electrons. The Morgan fingerprint density at radius 3 is 2.54 bits per heavy atom. The zero-order valence-electron chi connectivity index (χ0n) is 24.7. The Bertz CT molecular complexity index is 1440. The van der Waals surface area contributed by atoms with Crippen molar-refractivity contribution in [1.29, 1.82) is 0 Å². The van der Waals surface area contributed by atoms with Gasteiger partial charge in [0.25, 0.3) is 0 Å². The molecule has 4 aromatic rings. The zero-order valence-corrected chi connectivity index (χ0v) is 24.7. The minimum atomic E-state index is -0.343. The molecular formula is C33H41FN4O3. The fourth-order valence-corrected chi connectivity index (χ4v) is 4.59. The first-order valence-electron chi connectivity index (χ1n) is 14.4. The van der Waals surface area contributed by atoms with Crippen molar-refractivity contribution < 1.29 is 18.7 Å². The number of aromatic nitrogens is 3. The topological polar surface area (TPSA) is 88.2 Å². The highest BCUT2D eigenvalue weighted by Crippen LogP contribution is 2.30. The van der Waals surface area contributed by atoms with Crippen LogP contribution in [0.3, 0.4) is 0 Å². The first kappa shape index (κ1) is 31.5. The fourth-order valence-electron chi connectivity index (χ4n) is 4.59. The first-order valence-corrected chi connectivity index (χ1v) is 14.4. The van der Waals surface area contributed by atoms with Crippen LogP contribution in [0.4, 0.5) is 4.39 Å². The molecule has 1 amide bonds. The highest BCUT2D eigenvalue weighted by molar-refractivity contribution is 5.83. The van der Waals surface area contributed by atoms with Crippen molar-refractivity contribution in [2.45, 2.75) is 72.8 Å². The average Bonchev–Trinajstić information content (AvgIpc) is 3.45. The number of piperidine rings is 1. The van der Waals surface area contributed by atoms with E-state index in [0.717, 1.165) is 47.5 Å². The smallest absolute Gasteiger partial charge is 0.219 e. The Kier molecular flexibility index (Phi) is 12.0. The van der Waals surface area contributed by atoms with E-state index in [9.17, 15) is 14.0 Å². The van der Waals surface area contributed by atoms with Crippen LogP contribution in [0.15, 0.2) is 61.1 Å². The maximum atomic E-state index is 13.2. The third-order valence-electron chi connectivity index (χ3n) is 6.58. The number of halogens is 1. The molecule has 1 atom stereocenters. The number of carbonyl (C=O) groups excluding carboxylic acids is 2. The molecule has 7 nitrogen and oxygen atoms in total. The normalized spacial score (nSPS) is 14.5. The Morgan fingerprint density at radius 2 is 1.85 bits per heavy atom. The van der Waals surface area contributed by atoms with E-state index in [1.54, 1.807) is 23.4 Å². The summed E-state index contributed by atoms with van der Waals surface area (Å²) in [7, 11) is 0. The molecule has 0 bridgehead atoms. The number of pyridine rings is 1. The van der Waals surface area contributed by atoms with Crippen LogP contribution in [0.5, 0.6) is 5.75 Å². The van der Waals surface area contributed by atoms with Gasteiger partial charge in [-0.25, -0.2) is 14.4 Å². The summed E-state index contributed by atoms with van der Waals surface area (Å²) in [5, 5.41) is 0. The van der Waals surface area contributed by atoms with E-state index in [1.807, 2.05) is 6.20 Å². The molecule has 0 saturated carbocycles. The van der Waals surface area contributed by atoms with Crippen molar-refractivity contribution in [3.63, 3.8) is 0 Å². The molecule has 1 unspecified atom stereocenters. The second-order valence-corrected chi connectivity index (χ2v) is 10.0. The molecule has 0 aliphatic carbocycles. The molecule has 3 heterocycles. The van der Waals surface area contributed by atoms with Gasteiger partial charge < -0.3 is 14.6 Å². The number of aromatic amines is 1. The first-order chi connectivity index (χ1) is 19.8. The van der Waals surface area contributed by atoms with Gasteiger partial charge in [-0.15, -0.1) is 0 Å². The van der Waals surface area contributed by atoms with E-state index >= 15 is 0 Å². The van der Waals surface area contributed by atoms with Crippen molar-refractivity contribution in [3.8, 4) is 16.9 Å². The predicted octanol–water partition coefficient (Wildman–Crippen LogP) is 7.47. The SMILES string of the molecule is CC(=O)N1CCC(=O)CC1c1cccc(F)c1.CCC.CCCOc1ccc(-c2cnc3nc[nH]c3c2)cc1CC. The molecule has 41 heavy (non-hydrogen) atoms. The number of hydrogen-bond donors (Lipinski definition) is 1. The molecule has 2 aromatic heterocycles. The van der Waals surface area contributed by atoms with Crippen LogP contribution in [0, 0.1) is 5.82 Å². The van der Waals surface area contributed by atoms with Crippen LogP contribution in [0.2, 0.25) is 0 Å². The highest BCUT2D eigenvalue weighted by atomic mass is 19.1. The molecule has 1 fully saturated rings. The molecular weight excluding hydrogens is 519 g/mol. The van der Waals surface area contributed by atoms with Crippen LogP contribution in [0.1, 0.15) is 77.5 Å². The number of likely N-dealkylation sites (tertiary alicyclic amines) is 1. The lowest BCUT2D eigenvalue weighted by Gasteiger charge is -2.34. The summed E-state index contributed by atoms with van der Waals surface area (Å²) in [4.78, 5) is 36.2. The number of nitrogens with zero attached hydrogens (tertiary/aromatic N) is 3. The number of amides is 1. The van der Waals surface area contributed by atoms with Crippen molar-refractivity contribution in [1.82, 2.24) is 19.9 Å².